The lowest BCUT2D eigenvalue weighted by Crippen LogP contribution is -2.11. The number of aromatic hydroxyl groups is 2. The molecule has 1 aromatic carbocycles. The van der Waals surface area contributed by atoms with Crippen LogP contribution in [-0.2, 0) is 0 Å². The van der Waals surface area contributed by atoms with Crippen molar-refractivity contribution in [2.24, 2.45) is 11.7 Å². The highest BCUT2D eigenvalue weighted by atomic mass is 16.3. The summed E-state index contributed by atoms with van der Waals surface area (Å²) in [5.74, 6) is 0.733. The Kier molecular flexibility index (Phi) is 3.97. The van der Waals surface area contributed by atoms with E-state index in [4.69, 9.17) is 5.73 Å². The molecule has 0 bridgehead atoms. The maximum absolute atomic E-state index is 9.30. The Morgan fingerprint density at radius 2 is 1.60 bits per heavy atom. The fourth-order valence-corrected chi connectivity index (χ4v) is 1.51. The lowest BCUT2D eigenvalue weighted by Gasteiger charge is -2.14. The van der Waals surface area contributed by atoms with Gasteiger partial charge in [0.05, 0.1) is 0 Å². The number of rotatable bonds is 4. The second-order valence-corrected chi connectivity index (χ2v) is 4.36. The van der Waals surface area contributed by atoms with Crippen molar-refractivity contribution in [2.45, 2.75) is 32.7 Å². The summed E-state index contributed by atoms with van der Waals surface area (Å²) < 4.78 is 0. The van der Waals surface area contributed by atoms with Gasteiger partial charge in [-0.3, -0.25) is 0 Å². The van der Waals surface area contributed by atoms with Gasteiger partial charge in [-0.2, -0.15) is 0 Å². The van der Waals surface area contributed by atoms with E-state index in [1.165, 1.54) is 6.07 Å². The molecule has 4 N–H and O–H groups in total. The van der Waals surface area contributed by atoms with Gasteiger partial charge in [0, 0.05) is 12.1 Å². The van der Waals surface area contributed by atoms with Crippen molar-refractivity contribution >= 4 is 0 Å². The molecular formula is C12H19NO2. The summed E-state index contributed by atoms with van der Waals surface area (Å²) in [5.41, 5.74) is 6.74. The molecule has 1 rings (SSSR count). The summed E-state index contributed by atoms with van der Waals surface area (Å²) >= 11 is 0. The van der Waals surface area contributed by atoms with E-state index in [1.54, 1.807) is 12.1 Å². The average molecular weight is 209 g/mol. The van der Waals surface area contributed by atoms with Crippen LogP contribution in [-0.4, -0.2) is 10.2 Å². The average Bonchev–Trinajstić information content (AvgIpc) is 2.12. The van der Waals surface area contributed by atoms with E-state index in [0.717, 1.165) is 18.4 Å². The molecule has 0 heterocycles. The van der Waals surface area contributed by atoms with E-state index in [-0.39, 0.29) is 17.5 Å². The van der Waals surface area contributed by atoms with Crippen LogP contribution in [0.15, 0.2) is 18.2 Å². The third-order valence-corrected chi connectivity index (χ3v) is 2.41. The van der Waals surface area contributed by atoms with Crippen molar-refractivity contribution in [2.75, 3.05) is 0 Å². The Hall–Kier alpha value is -1.22. The van der Waals surface area contributed by atoms with Gasteiger partial charge in [-0.15, -0.1) is 0 Å². The highest BCUT2D eigenvalue weighted by Crippen LogP contribution is 2.26. The molecule has 0 saturated carbocycles. The second-order valence-electron chi connectivity index (χ2n) is 4.36. The number of benzene rings is 1. The molecule has 0 aliphatic carbocycles. The van der Waals surface area contributed by atoms with Crippen LogP contribution < -0.4 is 5.73 Å². The molecule has 0 fully saturated rings. The molecule has 15 heavy (non-hydrogen) atoms. The number of phenolic OH excluding ortho intramolecular Hbond substituents is 2. The van der Waals surface area contributed by atoms with E-state index in [2.05, 4.69) is 13.8 Å². The first-order chi connectivity index (χ1) is 6.99. The number of phenols is 2. The van der Waals surface area contributed by atoms with Crippen LogP contribution in [0.4, 0.5) is 0 Å². The number of hydrogen-bond donors (Lipinski definition) is 3. The Morgan fingerprint density at radius 1 is 1.07 bits per heavy atom. The molecule has 3 nitrogen and oxygen atoms in total. The second kappa shape index (κ2) is 5.03. The summed E-state index contributed by atoms with van der Waals surface area (Å²) in [6.45, 7) is 4.29. The van der Waals surface area contributed by atoms with E-state index in [9.17, 15) is 10.2 Å². The quantitative estimate of drug-likeness (QED) is 0.713. The molecule has 1 atom stereocenters. The van der Waals surface area contributed by atoms with Gasteiger partial charge in [-0.1, -0.05) is 13.8 Å². The van der Waals surface area contributed by atoms with Crippen molar-refractivity contribution in [3.05, 3.63) is 23.8 Å². The minimum Gasteiger partial charge on any atom is -0.508 e. The molecule has 0 aliphatic heterocycles. The van der Waals surface area contributed by atoms with Crippen molar-refractivity contribution < 1.29 is 10.2 Å². The van der Waals surface area contributed by atoms with Crippen molar-refractivity contribution in [3.8, 4) is 11.5 Å². The zero-order valence-electron chi connectivity index (χ0n) is 9.27. The molecule has 0 saturated heterocycles. The predicted molar refractivity (Wildman–Crippen MR) is 60.8 cm³/mol. The van der Waals surface area contributed by atoms with Crippen LogP contribution in [0.3, 0.4) is 0 Å². The number of nitrogens with two attached hydrogens (primary N) is 1. The molecule has 0 aliphatic rings. The monoisotopic (exact) mass is 209 g/mol. The topological polar surface area (TPSA) is 66.5 Å². The third kappa shape index (κ3) is 3.80. The standard InChI is InChI=1S/C12H19NO2/c1-8(2)3-4-12(13)9-5-10(14)7-11(15)6-9/h5-8,12,14-15H,3-4,13H2,1-2H3/t12-/m0/s1. The predicted octanol–water partition coefficient (Wildman–Crippen LogP) is 2.53. The Morgan fingerprint density at radius 3 is 2.07 bits per heavy atom. The fourth-order valence-electron chi connectivity index (χ4n) is 1.51. The van der Waals surface area contributed by atoms with Crippen LogP contribution in [0.25, 0.3) is 0 Å². The molecule has 0 aromatic heterocycles. The van der Waals surface area contributed by atoms with E-state index >= 15 is 0 Å². The molecule has 0 spiro atoms. The maximum Gasteiger partial charge on any atom is 0.119 e. The van der Waals surface area contributed by atoms with Gasteiger partial charge in [0.25, 0.3) is 0 Å². The van der Waals surface area contributed by atoms with Gasteiger partial charge in [0.15, 0.2) is 0 Å². The van der Waals surface area contributed by atoms with Gasteiger partial charge in [-0.25, -0.2) is 0 Å². The van der Waals surface area contributed by atoms with Crippen molar-refractivity contribution in [1.82, 2.24) is 0 Å². The molecule has 0 radical (unpaired) electrons. The van der Waals surface area contributed by atoms with E-state index < -0.39 is 0 Å². The normalized spacial score (nSPS) is 13.1. The smallest absolute Gasteiger partial charge is 0.119 e. The minimum atomic E-state index is -0.120. The summed E-state index contributed by atoms with van der Waals surface area (Å²) in [6.07, 6.45) is 1.90. The van der Waals surface area contributed by atoms with Crippen molar-refractivity contribution in [1.29, 1.82) is 0 Å². The maximum atomic E-state index is 9.30. The third-order valence-electron chi connectivity index (χ3n) is 2.41. The van der Waals surface area contributed by atoms with Gasteiger partial charge in [0.1, 0.15) is 11.5 Å². The van der Waals surface area contributed by atoms with Crippen molar-refractivity contribution in [3.63, 3.8) is 0 Å². The van der Waals surface area contributed by atoms with Crippen LogP contribution in [0.1, 0.15) is 38.3 Å². The zero-order valence-corrected chi connectivity index (χ0v) is 9.27. The van der Waals surface area contributed by atoms with E-state index in [1.807, 2.05) is 0 Å². The molecular weight excluding hydrogens is 190 g/mol. The Balaban J connectivity index is 2.68. The number of hydrogen-bond acceptors (Lipinski definition) is 3. The molecule has 1 aromatic rings. The van der Waals surface area contributed by atoms with Gasteiger partial charge in [0.2, 0.25) is 0 Å². The van der Waals surface area contributed by atoms with Crippen LogP contribution in [0, 0.1) is 5.92 Å². The van der Waals surface area contributed by atoms with Gasteiger partial charge >= 0.3 is 0 Å². The highest BCUT2D eigenvalue weighted by Gasteiger charge is 2.09. The summed E-state index contributed by atoms with van der Waals surface area (Å²) in [7, 11) is 0. The van der Waals surface area contributed by atoms with E-state index in [0.29, 0.717) is 5.92 Å². The Labute approximate surface area is 90.5 Å². The first-order valence-electron chi connectivity index (χ1n) is 5.27. The SMILES string of the molecule is CC(C)CC[C@H](N)c1cc(O)cc(O)c1. The minimum absolute atomic E-state index is 0.0602. The summed E-state index contributed by atoms with van der Waals surface area (Å²) in [5, 5.41) is 18.6. The van der Waals surface area contributed by atoms with Crippen LogP contribution in [0.2, 0.25) is 0 Å². The lowest BCUT2D eigenvalue weighted by atomic mass is 9.98. The summed E-state index contributed by atoms with van der Waals surface area (Å²) in [4.78, 5) is 0. The molecule has 84 valence electrons. The van der Waals surface area contributed by atoms with Crippen LogP contribution >= 0.6 is 0 Å². The van der Waals surface area contributed by atoms with Gasteiger partial charge in [-0.05, 0) is 36.5 Å². The first-order valence-corrected chi connectivity index (χ1v) is 5.27. The largest absolute Gasteiger partial charge is 0.508 e. The van der Waals surface area contributed by atoms with Crippen LogP contribution in [0.5, 0.6) is 11.5 Å². The zero-order chi connectivity index (χ0) is 11.4. The molecule has 0 unspecified atom stereocenters. The highest BCUT2D eigenvalue weighted by molar-refractivity contribution is 5.37. The Bertz CT molecular complexity index is 303. The molecule has 0 amide bonds. The van der Waals surface area contributed by atoms with Gasteiger partial charge < -0.3 is 15.9 Å². The molecule has 3 heteroatoms. The lowest BCUT2D eigenvalue weighted by molar-refractivity contribution is 0.445. The fraction of sp³-hybridized carbons (Fsp3) is 0.500. The summed E-state index contributed by atoms with van der Waals surface area (Å²) in [6, 6.07) is 4.39. The first kappa shape index (κ1) is 11.9.